The first-order valence-corrected chi connectivity index (χ1v) is 13.4. The third-order valence-electron chi connectivity index (χ3n) is 5.86. The van der Waals surface area contributed by atoms with Gasteiger partial charge in [0.15, 0.2) is 5.69 Å². The van der Waals surface area contributed by atoms with Crippen LogP contribution < -0.4 is 5.32 Å². The van der Waals surface area contributed by atoms with Crippen LogP contribution in [0.4, 0.5) is 38.8 Å². The first-order chi connectivity index (χ1) is 18.3. The summed E-state index contributed by atoms with van der Waals surface area (Å²) in [7, 11) is -10.3. The average Bonchev–Trinajstić information content (AvgIpc) is 3.55. The molecule has 0 unspecified atom stereocenters. The molecule has 1 fully saturated rings. The number of hydrogen-bond donors (Lipinski definition) is 2. The van der Waals surface area contributed by atoms with Gasteiger partial charge in [0.25, 0.3) is 0 Å². The summed E-state index contributed by atoms with van der Waals surface area (Å²) in [6.07, 6.45) is -1.52. The predicted molar refractivity (Wildman–Crippen MR) is 128 cm³/mol. The quantitative estimate of drug-likeness (QED) is 0.256. The number of nitriles is 1. The van der Waals surface area contributed by atoms with Crippen molar-refractivity contribution < 1.29 is 47.6 Å². The van der Waals surface area contributed by atoms with Gasteiger partial charge in [0, 0.05) is 5.56 Å². The summed E-state index contributed by atoms with van der Waals surface area (Å²) in [5, 5.41) is 23.2. The van der Waals surface area contributed by atoms with Crippen molar-refractivity contribution in [2.45, 2.75) is 29.8 Å². The number of ether oxygens (including phenoxy) is 1. The molecular formula is C22H13Cl2F7N4O4S. The molecule has 1 saturated carbocycles. The Balaban J connectivity index is 1.84. The molecule has 0 saturated heterocycles. The number of aromatic nitrogens is 2. The van der Waals surface area contributed by atoms with Crippen molar-refractivity contribution in [1.29, 1.82) is 5.26 Å². The summed E-state index contributed by atoms with van der Waals surface area (Å²) < 4.78 is 99.6. The summed E-state index contributed by atoms with van der Waals surface area (Å²) in [4.78, 5) is 22.3. The van der Waals surface area contributed by atoms with Gasteiger partial charge in [-0.2, -0.15) is 10.4 Å². The molecule has 2 N–H and O–H groups in total. The number of hydrogen-bond acceptors (Lipinski definition) is 5. The summed E-state index contributed by atoms with van der Waals surface area (Å²) in [6.45, 7) is -0.825. The van der Waals surface area contributed by atoms with E-state index in [9.17, 15) is 48.2 Å². The topological polar surface area (TPSA) is 117 Å². The Morgan fingerprint density at radius 2 is 1.73 bits per heavy atom. The minimum absolute atomic E-state index is 0.0500. The number of carboxylic acid groups (broad SMARTS) is 1. The fraction of sp³-hybridized carbons (Fsp3) is 0.182. The third-order valence-corrected chi connectivity index (χ3v) is 7.57. The van der Waals surface area contributed by atoms with E-state index < -0.39 is 83.6 Å². The fourth-order valence-electron chi connectivity index (χ4n) is 3.82. The second-order valence-corrected chi connectivity index (χ2v) is 11.8. The van der Waals surface area contributed by atoms with Crippen molar-refractivity contribution in [1.82, 2.24) is 9.78 Å². The number of benzene rings is 2. The van der Waals surface area contributed by atoms with E-state index in [1.54, 1.807) is 6.07 Å². The fourth-order valence-corrected chi connectivity index (χ4v) is 5.28. The lowest BCUT2D eigenvalue weighted by Crippen LogP contribution is -2.24. The van der Waals surface area contributed by atoms with Crippen LogP contribution in [0.5, 0.6) is 0 Å². The van der Waals surface area contributed by atoms with Gasteiger partial charge in [0.2, 0.25) is 0 Å². The molecule has 0 aliphatic heterocycles. The van der Waals surface area contributed by atoms with Crippen LogP contribution in [0.2, 0.25) is 10.0 Å². The zero-order chi connectivity index (χ0) is 29.9. The van der Waals surface area contributed by atoms with E-state index in [2.05, 4.69) is 10.4 Å². The lowest BCUT2D eigenvalue weighted by atomic mass is 9.95. The van der Waals surface area contributed by atoms with E-state index in [0.29, 0.717) is 4.68 Å². The Labute approximate surface area is 229 Å². The molecule has 0 radical (unpaired) electrons. The normalized spacial score (nSPS) is 15.9. The molecule has 0 spiro atoms. The highest BCUT2D eigenvalue weighted by atomic mass is 35.5. The largest absolute Gasteiger partial charge is 0.481 e. The van der Waals surface area contributed by atoms with E-state index in [0.717, 1.165) is 18.2 Å². The van der Waals surface area contributed by atoms with Crippen LogP contribution in [0, 0.1) is 23.0 Å². The van der Waals surface area contributed by atoms with Crippen molar-refractivity contribution in [3.8, 4) is 11.8 Å². The maximum Gasteiger partial charge on any atom is 0.413 e. The van der Waals surface area contributed by atoms with Crippen molar-refractivity contribution >= 4 is 51.3 Å². The number of carbonyl (C=O) groups is 2. The first kappa shape index (κ1) is 29.3. The van der Waals surface area contributed by atoms with Crippen LogP contribution in [0.15, 0.2) is 35.2 Å². The van der Waals surface area contributed by atoms with Crippen LogP contribution >= 0.6 is 33.4 Å². The molecule has 4 rings (SSSR count). The highest BCUT2D eigenvalue weighted by Crippen LogP contribution is 3.02. The van der Waals surface area contributed by atoms with Crippen LogP contribution in [0.25, 0.3) is 5.69 Å². The summed E-state index contributed by atoms with van der Waals surface area (Å²) in [5.74, 6) is -3.88. The second kappa shape index (κ2) is 8.91. The lowest BCUT2D eigenvalue weighted by molar-refractivity contribution is -0.140. The summed E-state index contributed by atoms with van der Waals surface area (Å²) in [6, 6.07) is 3.62. The zero-order valence-corrected chi connectivity index (χ0v) is 21.7. The number of carboxylic acids is 1. The molecule has 0 atom stereocenters. The number of nitrogens with one attached hydrogen (secondary N) is 1. The Bertz CT molecular complexity index is 1620. The Kier molecular flexibility index (Phi) is 6.53. The number of aliphatic carboxylic acids is 1. The third kappa shape index (κ3) is 5.49. The molecule has 40 heavy (non-hydrogen) atoms. The minimum atomic E-state index is -10.3. The van der Waals surface area contributed by atoms with Gasteiger partial charge in [-0.25, -0.2) is 18.3 Å². The van der Waals surface area contributed by atoms with E-state index >= 15 is 0 Å². The second-order valence-electron chi connectivity index (χ2n) is 8.62. The highest BCUT2D eigenvalue weighted by Gasteiger charge is 2.66. The molecule has 1 amide bonds. The van der Waals surface area contributed by atoms with E-state index in [1.807, 2.05) is 0 Å². The highest BCUT2D eigenvalue weighted by molar-refractivity contribution is 8.45. The number of nitrogens with zero attached hydrogens (tertiary/aromatic N) is 3. The van der Waals surface area contributed by atoms with Gasteiger partial charge in [-0.3, -0.25) is 10.1 Å². The van der Waals surface area contributed by atoms with Gasteiger partial charge in [0.1, 0.15) is 40.7 Å². The number of carbonyl (C=O) groups excluding carboxylic acids is 1. The van der Waals surface area contributed by atoms with Crippen molar-refractivity contribution in [3.63, 3.8) is 0 Å². The van der Waals surface area contributed by atoms with Gasteiger partial charge < -0.3 is 9.84 Å². The summed E-state index contributed by atoms with van der Waals surface area (Å²) in [5.41, 5.74) is -3.90. The first-order valence-electron chi connectivity index (χ1n) is 10.7. The van der Waals surface area contributed by atoms with Gasteiger partial charge in [-0.1, -0.05) is 42.6 Å². The number of rotatable bonds is 7. The number of anilines is 1. The Morgan fingerprint density at radius 3 is 2.23 bits per heavy atom. The maximum absolute atomic E-state index is 13.9. The smallest absolute Gasteiger partial charge is 0.413 e. The standard InChI is InChI=1S/C22H13Cl2F7N4O4S/c23-13-6-12(40(27,28,29,30)31)7-14(24)18(13)35-19(17(16(8-32)34-35)22(3-4-22)20(36)37)33-21(38)39-9-10-5-11(25)1-2-15(10)26/h1-2,5-7H,3-4,9H2,(H,33,38)(H,36,37). The maximum atomic E-state index is 13.9. The zero-order valence-electron chi connectivity index (χ0n) is 19.3. The Hall–Kier alpha value is -3.68. The number of amides is 1. The Morgan fingerprint density at radius 1 is 1.12 bits per heavy atom. The predicted octanol–water partition coefficient (Wildman–Crippen LogP) is 7.85. The van der Waals surface area contributed by atoms with Crippen LogP contribution in [0.1, 0.15) is 29.7 Å². The summed E-state index contributed by atoms with van der Waals surface area (Å²) >= 11 is 11.8. The van der Waals surface area contributed by atoms with E-state index in [4.69, 9.17) is 27.9 Å². The molecule has 1 heterocycles. The van der Waals surface area contributed by atoms with E-state index in [-0.39, 0.29) is 30.5 Å². The number of halogens is 9. The van der Waals surface area contributed by atoms with Crippen molar-refractivity contribution in [2.75, 3.05) is 5.32 Å². The van der Waals surface area contributed by atoms with Gasteiger partial charge in [-0.15, -0.1) is 0 Å². The van der Waals surface area contributed by atoms with E-state index in [1.165, 1.54) is 0 Å². The lowest BCUT2D eigenvalue weighted by Gasteiger charge is -2.40. The van der Waals surface area contributed by atoms with Crippen LogP contribution in [-0.4, -0.2) is 26.9 Å². The molecule has 3 aromatic rings. The minimum Gasteiger partial charge on any atom is -0.481 e. The van der Waals surface area contributed by atoms with Crippen molar-refractivity contribution in [2.24, 2.45) is 0 Å². The molecule has 214 valence electrons. The van der Waals surface area contributed by atoms with Gasteiger partial charge in [-0.05, 0) is 43.2 Å². The molecule has 0 bridgehead atoms. The SMILES string of the molecule is N#Cc1nn(-c2c(Cl)cc(S(F)(F)(F)(F)F)cc2Cl)c(NC(=O)OCc2cc(F)ccc2F)c1C1(C(=O)O)CC1. The molecular weight excluding hydrogens is 620 g/mol. The van der Waals surface area contributed by atoms with Gasteiger partial charge in [0.05, 0.1) is 21.0 Å². The average molecular weight is 633 g/mol. The van der Waals surface area contributed by atoms with Gasteiger partial charge >= 0.3 is 22.3 Å². The molecule has 8 nitrogen and oxygen atoms in total. The molecule has 2 aromatic carbocycles. The molecule has 1 aromatic heterocycles. The van der Waals surface area contributed by atoms with Crippen molar-refractivity contribution in [3.05, 3.63) is 68.8 Å². The molecule has 18 heteroatoms. The molecule has 1 aliphatic carbocycles. The monoisotopic (exact) mass is 632 g/mol. The van der Waals surface area contributed by atoms with Crippen LogP contribution in [0.3, 0.4) is 0 Å². The molecule has 1 aliphatic rings. The van der Waals surface area contributed by atoms with Crippen LogP contribution in [-0.2, 0) is 21.6 Å².